The summed E-state index contributed by atoms with van der Waals surface area (Å²) in [6.07, 6.45) is 12.0. The van der Waals surface area contributed by atoms with Crippen molar-refractivity contribution in [1.82, 2.24) is 45.0 Å². The number of aromatic nitrogens is 3. The number of aliphatic carboxylic acids is 7. The van der Waals surface area contributed by atoms with Crippen LogP contribution in [-0.4, -0.2) is 255 Å². The molecule has 8 aromatic rings. The molecule has 13 rings (SSSR count). The summed E-state index contributed by atoms with van der Waals surface area (Å²) in [4.78, 5) is 129. The molecule has 0 saturated carbocycles. The van der Waals surface area contributed by atoms with Gasteiger partial charge in [0.25, 0.3) is 0 Å². The van der Waals surface area contributed by atoms with Gasteiger partial charge in [0.05, 0.1) is 15.9 Å². The van der Waals surface area contributed by atoms with E-state index in [0.29, 0.717) is 90.6 Å². The fourth-order valence-corrected chi connectivity index (χ4v) is 29.8. The van der Waals surface area contributed by atoms with Gasteiger partial charge in [0.15, 0.2) is 10.2 Å². The Labute approximate surface area is 903 Å². The first kappa shape index (κ1) is 120. The highest BCUT2D eigenvalue weighted by Gasteiger charge is 2.34. The minimum absolute atomic E-state index is 0.0274. The number of benzene rings is 5. The summed E-state index contributed by atoms with van der Waals surface area (Å²) < 4.78 is 5.58. The molecule has 8 atom stereocenters. The van der Waals surface area contributed by atoms with Crippen molar-refractivity contribution in [1.29, 1.82) is 0 Å². The Morgan fingerprint density at radius 3 is 1.12 bits per heavy atom. The Morgan fingerprint density at radius 1 is 0.458 bits per heavy atom. The summed E-state index contributed by atoms with van der Waals surface area (Å²) in [6.45, 7) is 15.4. The molecule has 5 saturated heterocycles. The van der Waals surface area contributed by atoms with Crippen molar-refractivity contribution in [3.63, 3.8) is 0 Å². The number of carbonyl (C=O) groups is 9. The average Bonchev–Trinajstić information content (AvgIpc) is 1.76. The molecule has 8 heterocycles. The van der Waals surface area contributed by atoms with Crippen molar-refractivity contribution in [3.8, 4) is 0 Å². The molecule has 0 bridgehead atoms. The molecule has 5 fully saturated rings. The second kappa shape index (κ2) is 62.5. The Morgan fingerprint density at radius 2 is 0.806 bits per heavy atom. The number of nitrogens with zero attached hydrogens (tertiary/aromatic N) is 9. The van der Waals surface area contributed by atoms with Crippen LogP contribution in [0, 0.1) is 24.0 Å². The molecule has 12 N–H and O–H groups in total. The lowest BCUT2D eigenvalue weighted by atomic mass is 10.0. The van der Waals surface area contributed by atoms with Gasteiger partial charge < -0.3 is 56.9 Å². The molecular formula is C97H108Cl6N12O19S10. The number of ketones is 1. The number of piperidine rings is 5. The number of carbonyl (C=O) groups excluding carboxylic acids is 2. The molecule has 5 aliphatic rings. The number of aryl methyl sites for hydroxylation is 2. The van der Waals surface area contributed by atoms with Gasteiger partial charge in [0, 0.05) is 210 Å². The van der Waals surface area contributed by atoms with E-state index >= 15 is 0 Å². The van der Waals surface area contributed by atoms with Gasteiger partial charge in [-0.15, -0.1) is 10.2 Å². The van der Waals surface area contributed by atoms with Gasteiger partial charge in [-0.1, -0.05) is 247 Å². The van der Waals surface area contributed by atoms with E-state index in [4.69, 9.17) is 95.7 Å². The maximum atomic E-state index is 12.1. The normalized spacial score (nSPS) is 19.5. The number of nitrogens with one attached hydrogen (secondary N) is 1. The lowest BCUT2D eigenvalue weighted by Gasteiger charge is -2.34. The van der Waals surface area contributed by atoms with Gasteiger partial charge in [0.1, 0.15) is 34.4 Å². The molecule has 3 aromatic heterocycles. The van der Waals surface area contributed by atoms with Crippen LogP contribution in [0.15, 0.2) is 235 Å². The van der Waals surface area contributed by atoms with E-state index in [2.05, 4.69) is 45.0 Å². The summed E-state index contributed by atoms with van der Waals surface area (Å²) in [5.41, 5.74) is 20.3. The van der Waals surface area contributed by atoms with Crippen LogP contribution >= 0.6 is 178 Å². The van der Waals surface area contributed by atoms with Gasteiger partial charge in [0.2, 0.25) is 5.91 Å². The van der Waals surface area contributed by atoms with Gasteiger partial charge >= 0.3 is 47.5 Å². The summed E-state index contributed by atoms with van der Waals surface area (Å²) in [5.74, 6) is -5.57. The van der Waals surface area contributed by atoms with Gasteiger partial charge in [-0.25, -0.2) is 33.8 Å². The molecule has 0 aliphatic carbocycles. The molecule has 0 spiro atoms. The van der Waals surface area contributed by atoms with E-state index in [1.807, 2.05) is 141 Å². The predicted octanol–water partition coefficient (Wildman–Crippen LogP) is 20.3. The number of halogens is 6. The second-order valence-corrected chi connectivity index (χ2v) is 48.1. The zero-order valence-corrected chi connectivity index (χ0v) is 90.7. The summed E-state index contributed by atoms with van der Waals surface area (Å²) in [6, 6.07) is 43.9. The third kappa shape index (κ3) is 42.3. The number of hydrogen-bond donors (Lipinski definition) is 10. The van der Waals surface area contributed by atoms with Crippen molar-refractivity contribution in [2.45, 2.75) is 158 Å². The largest absolute Gasteiger partial charge is 0.480 e. The average molecular weight is 2280 g/mol. The molecule has 772 valence electrons. The number of amides is 1. The highest BCUT2D eigenvalue weighted by molar-refractivity contribution is 8.78. The first-order valence-electron chi connectivity index (χ1n) is 44.7. The van der Waals surface area contributed by atoms with Crippen LogP contribution in [0.3, 0.4) is 0 Å². The van der Waals surface area contributed by atoms with Crippen LogP contribution in [-0.2, 0) is 75.9 Å². The van der Waals surface area contributed by atoms with Gasteiger partial charge in [-0.3, -0.25) is 49.0 Å². The summed E-state index contributed by atoms with van der Waals surface area (Å²) in [5, 5.41) is 91.2. The Bertz CT molecular complexity index is 5890. The number of carboxylic acids is 7. The Hall–Kier alpha value is -7.90. The number of pyridine rings is 1. The monoisotopic (exact) mass is 2270 g/mol. The number of carboxylic acid groups (broad SMARTS) is 7. The molecule has 0 radical (unpaired) electrons. The molecule has 5 aromatic carbocycles. The number of rotatable bonds is 40. The van der Waals surface area contributed by atoms with E-state index in [1.165, 1.54) is 131 Å². The van der Waals surface area contributed by atoms with Crippen molar-refractivity contribution in [2.75, 3.05) is 77.0 Å². The fraction of sp³-hybridized carbons (Fsp3) is 0.361. The molecule has 5 aliphatic heterocycles. The molecule has 1 amide bonds. The van der Waals surface area contributed by atoms with E-state index < -0.39 is 70.7 Å². The van der Waals surface area contributed by atoms with Crippen molar-refractivity contribution in [2.24, 2.45) is 11.5 Å². The number of nitrogens with two attached hydrogens (primary N) is 2. The maximum Gasteiger partial charge on any atom is 0.328 e. The first-order valence-corrected chi connectivity index (χ1v) is 58.4. The third-order valence-electron chi connectivity index (χ3n) is 22.2. The number of likely N-dealkylation sites (tertiary alicyclic amines) is 5. The van der Waals surface area contributed by atoms with Crippen molar-refractivity contribution < 1.29 is 88.2 Å². The zero-order valence-electron chi connectivity index (χ0n) is 78.0. The van der Waals surface area contributed by atoms with Crippen molar-refractivity contribution in [3.05, 3.63) is 296 Å². The fourth-order valence-electron chi connectivity index (χ4n) is 15.0. The predicted molar refractivity (Wildman–Crippen MR) is 584 cm³/mol. The standard InChI is InChI=1S/C23H30ClN3O6S2.C20H22ClNO3S2.C19H18ClN3O4S2.C18H17Cl2N3O2S2.C17H21ClN2O4S2/c1-14(28)18(25)6-7-21(29)26-19(23(32)33)13-34-35-20-8-9-27(12-16(20)10-22(30)31)11-15-4-2-3-5-17(15)24;1-13-9-19(14(2)25-13)27-26-18-7-8-22(12-16(18)10-20(23)24)11-15-5-3-4-6-17(15)21;20-15-5-2-1-4-13(15)11-22-9-7-17(14(12-22)10-18(24)25)28-29-19-16(23(26)27)6-3-8-21-19;19-14-4-2-1-3-12(14)10-23-8-7-15(13(11-23)9-18(24)25)26-27-17-6-5-16(20)21-22-17;18-13-4-2-1-3-11(13)8-20-6-5-15(12(9-20)7-16(21)22)26-25-10-14(19)17(23)24/h2-5,10,18-20H,6-9,11-13,25H2,1H3,(H,26,29)(H,30,31)(H,32,33);3-6,9-10,18H,7-8,11-12H2,1-2H3,(H,23,24);1-6,8,10,17H,7,9,11-12H2,(H,24,25);1-6,9,15H,7-8,10-11H2,(H,24,25);1-4,7,14-15H,5-6,8-10,19H2,(H,21,22)(H,23,24)/b2*16-10-;14-10-;13-9-;12-7-/t;;;;14-,15?/m....0/s1. The van der Waals surface area contributed by atoms with Crippen LogP contribution in [0.1, 0.15) is 91.2 Å². The zero-order chi connectivity index (χ0) is 104. The number of Topliss-reactive ketones (excluding diaryl/α,β-unsaturated/α-hetero) is 1. The van der Waals surface area contributed by atoms with Crippen molar-refractivity contribution >= 4 is 237 Å². The molecule has 7 unspecified atom stereocenters. The molecule has 47 heteroatoms. The highest BCUT2D eigenvalue weighted by atomic mass is 35.5. The minimum atomic E-state index is -1.17. The third-order valence-corrected chi connectivity index (χ3v) is 38.6. The maximum absolute atomic E-state index is 12.1. The first-order chi connectivity index (χ1) is 68.8. The molecular weight excluding hydrogens is 2170 g/mol. The van der Waals surface area contributed by atoms with Crippen LogP contribution in [0.2, 0.25) is 30.3 Å². The van der Waals surface area contributed by atoms with E-state index in [0.717, 1.165) is 152 Å². The van der Waals surface area contributed by atoms with Crippen LogP contribution in [0.5, 0.6) is 0 Å². The Kier molecular flexibility index (Phi) is 52.0. The Balaban J connectivity index is 0.000000201. The molecule has 144 heavy (non-hydrogen) atoms. The van der Waals surface area contributed by atoms with Crippen LogP contribution < -0.4 is 16.8 Å². The van der Waals surface area contributed by atoms with Crippen LogP contribution in [0.4, 0.5) is 5.69 Å². The smallest absolute Gasteiger partial charge is 0.328 e. The van der Waals surface area contributed by atoms with E-state index in [1.54, 1.807) is 44.5 Å². The van der Waals surface area contributed by atoms with E-state index in [9.17, 15) is 78.8 Å². The molecule has 31 nitrogen and oxygen atoms in total. The van der Waals surface area contributed by atoms with E-state index in [-0.39, 0.29) is 62.1 Å². The van der Waals surface area contributed by atoms with Crippen LogP contribution in [0.25, 0.3) is 0 Å². The van der Waals surface area contributed by atoms with Gasteiger partial charge in [-0.2, -0.15) is 0 Å². The lowest BCUT2D eigenvalue weighted by Crippen LogP contribution is -2.43. The lowest BCUT2D eigenvalue weighted by molar-refractivity contribution is -0.388. The van der Waals surface area contributed by atoms with Gasteiger partial charge in [-0.05, 0) is 191 Å². The summed E-state index contributed by atoms with van der Waals surface area (Å²) >= 11 is 37.0. The number of furan rings is 1. The minimum Gasteiger partial charge on any atom is -0.480 e. The quantitative estimate of drug-likeness (QED) is 0.00738. The SMILES string of the molecule is CC(=O)C(N)CCC(=O)NC(CSSC1CCN(Cc2ccccc2Cl)C/C1=C/C(=O)O)C(=O)O.Cc1cc(SSC2CCN(Cc3ccccc3Cl)C/C2=C/C(=O)O)c(C)o1.N[C@@H](CSSC1CCN(Cc2ccccc2Cl)C/C1=C/C(=O)O)C(=O)O.O=C(O)/C=C1/CN(Cc2ccccc2Cl)CCC1SSc1ccc(Cl)nn1.O=C(O)/C=C1/CN(Cc2ccccc2Cl)CCC1SSc1ncccc1[N+](=O)[O-]. The topological polar surface area (TPSA) is 470 Å². The number of hydrogen-bond acceptors (Lipinski definition) is 32. The summed E-state index contributed by atoms with van der Waals surface area (Å²) in [7, 11) is 14.6. The number of nitro groups is 1. The second-order valence-electron chi connectivity index (χ2n) is 33.2. The highest BCUT2D eigenvalue weighted by Crippen LogP contribution is 2.47.